The summed E-state index contributed by atoms with van der Waals surface area (Å²) in [6, 6.07) is 0. The summed E-state index contributed by atoms with van der Waals surface area (Å²) in [6.45, 7) is 0. The van der Waals surface area contributed by atoms with Crippen LogP contribution in [0.25, 0.3) is 0 Å². The predicted molar refractivity (Wildman–Crippen MR) is 54.8 cm³/mol. The molecular formula is C9H14O5S. The summed E-state index contributed by atoms with van der Waals surface area (Å²) in [5.41, 5.74) is -1.46. The van der Waals surface area contributed by atoms with Crippen molar-refractivity contribution >= 4 is 24.6 Å². The van der Waals surface area contributed by atoms with Gasteiger partial charge in [0.15, 0.2) is 0 Å². The lowest BCUT2D eigenvalue weighted by Gasteiger charge is -2.34. The van der Waals surface area contributed by atoms with E-state index in [1.807, 2.05) is 0 Å². The van der Waals surface area contributed by atoms with Crippen LogP contribution in [-0.2, 0) is 14.3 Å². The monoisotopic (exact) mass is 234 g/mol. The Kier molecular flexibility index (Phi) is 3.98. The SMILES string of the molecule is O=C(O)CC1(O)CC(=O)OC(CCS)C1. The van der Waals surface area contributed by atoms with Crippen molar-refractivity contribution in [1.82, 2.24) is 0 Å². The van der Waals surface area contributed by atoms with Gasteiger partial charge >= 0.3 is 11.9 Å². The maximum Gasteiger partial charge on any atom is 0.309 e. The first-order valence-corrected chi connectivity index (χ1v) is 5.33. The van der Waals surface area contributed by atoms with Gasteiger partial charge < -0.3 is 14.9 Å². The summed E-state index contributed by atoms with van der Waals surface area (Å²) in [6.07, 6.45) is -0.399. The van der Waals surface area contributed by atoms with Gasteiger partial charge in [0, 0.05) is 6.42 Å². The molecule has 1 aliphatic heterocycles. The molecule has 1 saturated heterocycles. The number of carboxylic acid groups (broad SMARTS) is 1. The average molecular weight is 234 g/mol. The number of aliphatic carboxylic acids is 1. The van der Waals surface area contributed by atoms with Crippen molar-refractivity contribution in [3.8, 4) is 0 Å². The van der Waals surface area contributed by atoms with Crippen LogP contribution in [0.15, 0.2) is 0 Å². The number of carbonyl (C=O) groups is 2. The zero-order valence-electron chi connectivity index (χ0n) is 8.18. The molecule has 0 saturated carbocycles. The van der Waals surface area contributed by atoms with E-state index in [1.165, 1.54) is 0 Å². The van der Waals surface area contributed by atoms with Crippen LogP contribution in [0.3, 0.4) is 0 Å². The molecule has 0 aromatic carbocycles. The first-order chi connectivity index (χ1) is 6.95. The maximum absolute atomic E-state index is 11.1. The highest BCUT2D eigenvalue weighted by Gasteiger charge is 2.41. The van der Waals surface area contributed by atoms with Crippen molar-refractivity contribution < 1.29 is 24.5 Å². The molecule has 0 spiro atoms. The molecule has 0 aliphatic carbocycles. The van der Waals surface area contributed by atoms with E-state index in [4.69, 9.17) is 9.84 Å². The summed E-state index contributed by atoms with van der Waals surface area (Å²) in [5, 5.41) is 18.5. The van der Waals surface area contributed by atoms with Gasteiger partial charge in [-0.05, 0) is 12.2 Å². The first kappa shape index (κ1) is 12.3. The fraction of sp³-hybridized carbons (Fsp3) is 0.778. The van der Waals surface area contributed by atoms with E-state index < -0.39 is 30.1 Å². The second kappa shape index (κ2) is 4.85. The zero-order valence-corrected chi connectivity index (χ0v) is 9.07. The molecular weight excluding hydrogens is 220 g/mol. The fourth-order valence-corrected chi connectivity index (χ4v) is 2.04. The number of rotatable bonds is 4. The second-order valence-corrected chi connectivity index (χ2v) is 4.25. The Morgan fingerprint density at radius 2 is 2.33 bits per heavy atom. The van der Waals surface area contributed by atoms with Crippen LogP contribution in [0.4, 0.5) is 0 Å². The maximum atomic E-state index is 11.1. The van der Waals surface area contributed by atoms with Gasteiger partial charge in [-0.15, -0.1) is 0 Å². The largest absolute Gasteiger partial charge is 0.481 e. The van der Waals surface area contributed by atoms with Gasteiger partial charge in [0.05, 0.1) is 18.4 Å². The Balaban J connectivity index is 2.64. The van der Waals surface area contributed by atoms with Gasteiger partial charge in [0.2, 0.25) is 0 Å². The molecule has 1 aliphatic rings. The smallest absolute Gasteiger partial charge is 0.309 e. The molecule has 0 amide bonds. The molecule has 6 heteroatoms. The Labute approximate surface area is 92.8 Å². The third-order valence-corrected chi connectivity index (χ3v) is 2.57. The summed E-state index contributed by atoms with van der Waals surface area (Å²) < 4.78 is 4.96. The van der Waals surface area contributed by atoms with E-state index in [0.29, 0.717) is 12.2 Å². The molecule has 0 bridgehead atoms. The van der Waals surface area contributed by atoms with E-state index >= 15 is 0 Å². The first-order valence-electron chi connectivity index (χ1n) is 4.70. The van der Waals surface area contributed by atoms with Crippen molar-refractivity contribution in [2.24, 2.45) is 0 Å². The summed E-state index contributed by atoms with van der Waals surface area (Å²) in [5.74, 6) is -1.13. The van der Waals surface area contributed by atoms with E-state index in [2.05, 4.69) is 12.6 Å². The fourth-order valence-electron chi connectivity index (χ4n) is 1.76. The summed E-state index contributed by atoms with van der Waals surface area (Å²) in [7, 11) is 0. The number of cyclic esters (lactones) is 1. The predicted octanol–water partition coefficient (Wildman–Crippen LogP) is 0.218. The highest BCUT2D eigenvalue weighted by atomic mass is 32.1. The van der Waals surface area contributed by atoms with E-state index in [-0.39, 0.29) is 12.8 Å². The lowest BCUT2D eigenvalue weighted by molar-refractivity contribution is -0.173. The number of esters is 1. The second-order valence-electron chi connectivity index (χ2n) is 3.80. The Morgan fingerprint density at radius 1 is 1.67 bits per heavy atom. The van der Waals surface area contributed by atoms with Gasteiger partial charge in [0.1, 0.15) is 6.10 Å². The Bertz CT molecular complexity index is 263. The van der Waals surface area contributed by atoms with Crippen molar-refractivity contribution in [1.29, 1.82) is 0 Å². The van der Waals surface area contributed by atoms with Gasteiger partial charge in [-0.1, -0.05) is 0 Å². The van der Waals surface area contributed by atoms with Crippen molar-refractivity contribution in [2.75, 3.05) is 5.75 Å². The third kappa shape index (κ3) is 3.71. The molecule has 0 radical (unpaired) electrons. The number of carbonyl (C=O) groups excluding carboxylic acids is 1. The standard InChI is InChI=1S/C9H14O5S/c10-7(11)4-9(13)3-6(1-2-15)14-8(12)5-9/h6,13,15H,1-5H2,(H,10,11). The number of carboxylic acids is 1. The molecule has 1 fully saturated rings. The molecule has 2 atom stereocenters. The van der Waals surface area contributed by atoms with Crippen LogP contribution >= 0.6 is 12.6 Å². The number of aliphatic hydroxyl groups is 1. The van der Waals surface area contributed by atoms with E-state index in [9.17, 15) is 14.7 Å². The quantitative estimate of drug-likeness (QED) is 0.478. The van der Waals surface area contributed by atoms with Gasteiger partial charge in [-0.25, -0.2) is 0 Å². The highest BCUT2D eigenvalue weighted by Crippen LogP contribution is 2.30. The number of hydrogen-bond donors (Lipinski definition) is 3. The van der Waals surface area contributed by atoms with Crippen molar-refractivity contribution in [3.05, 3.63) is 0 Å². The lowest BCUT2D eigenvalue weighted by atomic mass is 9.86. The van der Waals surface area contributed by atoms with Gasteiger partial charge in [0.25, 0.3) is 0 Å². The van der Waals surface area contributed by atoms with E-state index in [1.54, 1.807) is 0 Å². The van der Waals surface area contributed by atoms with E-state index in [0.717, 1.165) is 0 Å². The lowest BCUT2D eigenvalue weighted by Crippen LogP contribution is -2.44. The molecule has 2 unspecified atom stereocenters. The number of hydrogen-bond acceptors (Lipinski definition) is 5. The summed E-state index contributed by atoms with van der Waals surface area (Å²) >= 11 is 4.00. The highest BCUT2D eigenvalue weighted by molar-refractivity contribution is 7.80. The van der Waals surface area contributed by atoms with Crippen molar-refractivity contribution in [2.45, 2.75) is 37.4 Å². The van der Waals surface area contributed by atoms with Crippen LogP contribution in [0.2, 0.25) is 0 Å². The Hall–Kier alpha value is -0.750. The minimum absolute atomic E-state index is 0.172. The average Bonchev–Trinajstić information content (AvgIpc) is 1.99. The molecule has 0 aromatic heterocycles. The molecule has 2 N–H and O–H groups in total. The molecule has 5 nitrogen and oxygen atoms in total. The minimum Gasteiger partial charge on any atom is -0.481 e. The molecule has 1 rings (SSSR count). The molecule has 1 heterocycles. The van der Waals surface area contributed by atoms with Gasteiger partial charge in [-0.2, -0.15) is 12.6 Å². The topological polar surface area (TPSA) is 83.8 Å². The van der Waals surface area contributed by atoms with Crippen LogP contribution in [0, 0.1) is 0 Å². The van der Waals surface area contributed by atoms with Gasteiger partial charge in [-0.3, -0.25) is 9.59 Å². The molecule has 0 aromatic rings. The minimum atomic E-state index is -1.46. The van der Waals surface area contributed by atoms with Crippen LogP contribution in [0.5, 0.6) is 0 Å². The Morgan fingerprint density at radius 3 is 2.87 bits per heavy atom. The molecule has 15 heavy (non-hydrogen) atoms. The number of ether oxygens (including phenoxy) is 1. The normalized spacial score (nSPS) is 31.1. The number of thiol groups is 1. The van der Waals surface area contributed by atoms with Crippen molar-refractivity contribution in [3.63, 3.8) is 0 Å². The van der Waals surface area contributed by atoms with Crippen LogP contribution < -0.4 is 0 Å². The van der Waals surface area contributed by atoms with Crippen LogP contribution in [-0.4, -0.2) is 39.6 Å². The molecule has 86 valence electrons. The zero-order chi connectivity index (χ0) is 11.5. The third-order valence-electron chi connectivity index (χ3n) is 2.31. The van der Waals surface area contributed by atoms with Crippen LogP contribution in [0.1, 0.15) is 25.7 Å². The summed E-state index contributed by atoms with van der Waals surface area (Å²) in [4.78, 5) is 21.7.